The van der Waals surface area contributed by atoms with E-state index >= 15 is 0 Å². The molecule has 0 bridgehead atoms. The van der Waals surface area contributed by atoms with Crippen molar-refractivity contribution in [1.29, 1.82) is 0 Å². The number of ether oxygens (including phenoxy) is 2. The van der Waals surface area contributed by atoms with Gasteiger partial charge in [-0.2, -0.15) is 0 Å². The Hall–Kier alpha value is -4.48. The first-order valence-electron chi connectivity index (χ1n) is 14.2. The lowest BCUT2D eigenvalue weighted by Gasteiger charge is -2.21. The Kier molecular flexibility index (Phi) is 10.1. The Balaban J connectivity index is 1.18. The van der Waals surface area contributed by atoms with E-state index < -0.39 is 16.1 Å². The largest absolute Gasteiger partial charge is 0.487 e. The van der Waals surface area contributed by atoms with Crippen LogP contribution in [0.5, 0.6) is 17.4 Å². The number of nitrogens with zero attached hydrogens (tertiary/aromatic N) is 1. The zero-order valence-electron chi connectivity index (χ0n) is 24.3. The lowest BCUT2D eigenvalue weighted by atomic mass is 10.0. The van der Waals surface area contributed by atoms with E-state index in [1.165, 1.54) is 0 Å². The highest BCUT2D eigenvalue weighted by atomic mass is 32.2. The van der Waals surface area contributed by atoms with E-state index in [1.807, 2.05) is 91.0 Å². The zero-order valence-corrected chi connectivity index (χ0v) is 25.1. The summed E-state index contributed by atoms with van der Waals surface area (Å²) in [6.45, 7) is 0.260. The third-order valence-corrected chi connectivity index (χ3v) is 7.53. The molecule has 44 heavy (non-hydrogen) atoms. The standard InChI is InChI=1S/C34H35N3O6S/c1-44(40,41)37-31-20-27(13-17-33(31)42-23-25-7-3-2-4-8-25)32(39)21-35-28(22-38)19-24-11-15-29(16-12-24)43-34-18-14-26-9-5-6-10-30(26)36-34/h2-18,20,28,32,35,37-39H,19,21-23H2,1H3/t28-,32?/m0/s1. The number of aliphatic hydroxyl groups excluding tert-OH is 2. The second kappa shape index (κ2) is 14.3. The fourth-order valence-corrected chi connectivity index (χ4v) is 5.25. The van der Waals surface area contributed by atoms with E-state index in [9.17, 15) is 18.6 Å². The van der Waals surface area contributed by atoms with Gasteiger partial charge in [-0.25, -0.2) is 13.4 Å². The lowest BCUT2D eigenvalue weighted by molar-refractivity contribution is 0.158. The van der Waals surface area contributed by atoms with Crippen molar-refractivity contribution >= 4 is 26.6 Å². The molecule has 5 rings (SSSR count). The van der Waals surface area contributed by atoms with E-state index in [0.29, 0.717) is 29.4 Å². The third kappa shape index (κ3) is 8.77. The van der Waals surface area contributed by atoms with Gasteiger partial charge in [-0.3, -0.25) is 4.72 Å². The van der Waals surface area contributed by atoms with Crippen LogP contribution in [0.25, 0.3) is 10.9 Å². The smallest absolute Gasteiger partial charge is 0.229 e. The van der Waals surface area contributed by atoms with Crippen LogP contribution in [-0.4, -0.2) is 49.1 Å². The van der Waals surface area contributed by atoms with Crippen LogP contribution < -0.4 is 19.5 Å². The summed E-state index contributed by atoms with van der Waals surface area (Å²) < 4.78 is 38.3. The molecule has 1 aromatic heterocycles. The summed E-state index contributed by atoms with van der Waals surface area (Å²) in [7, 11) is -3.59. The normalized spacial score (nSPS) is 12.9. The van der Waals surface area contributed by atoms with Gasteiger partial charge in [-0.15, -0.1) is 0 Å². The van der Waals surface area contributed by atoms with Crippen molar-refractivity contribution < 1.29 is 28.1 Å². The maximum atomic E-state index is 12.0. The molecule has 2 atom stereocenters. The monoisotopic (exact) mass is 613 g/mol. The number of hydrogen-bond acceptors (Lipinski definition) is 8. The molecule has 9 nitrogen and oxygen atoms in total. The molecule has 0 saturated heterocycles. The summed E-state index contributed by atoms with van der Waals surface area (Å²) in [6.07, 6.45) is 0.617. The number of para-hydroxylation sites is 1. The minimum absolute atomic E-state index is 0.140. The molecule has 0 aliphatic carbocycles. The maximum absolute atomic E-state index is 12.0. The minimum Gasteiger partial charge on any atom is -0.487 e. The first-order chi connectivity index (χ1) is 21.3. The molecule has 0 radical (unpaired) electrons. The minimum atomic E-state index is -3.59. The molecule has 4 N–H and O–H groups in total. The number of anilines is 1. The van der Waals surface area contributed by atoms with Gasteiger partial charge >= 0.3 is 0 Å². The molecule has 1 unspecified atom stereocenters. The zero-order chi connectivity index (χ0) is 30.9. The lowest BCUT2D eigenvalue weighted by Crippen LogP contribution is -2.37. The number of rotatable bonds is 14. The summed E-state index contributed by atoms with van der Waals surface area (Å²) in [5.41, 5.74) is 3.50. The number of pyridine rings is 1. The molecule has 0 amide bonds. The molecule has 4 aromatic carbocycles. The van der Waals surface area contributed by atoms with Crippen molar-refractivity contribution in [2.45, 2.75) is 25.2 Å². The fourth-order valence-electron chi connectivity index (χ4n) is 4.70. The van der Waals surface area contributed by atoms with Gasteiger partial charge in [0.1, 0.15) is 18.1 Å². The van der Waals surface area contributed by atoms with Crippen molar-refractivity contribution in [3.05, 3.63) is 126 Å². The summed E-state index contributed by atoms with van der Waals surface area (Å²) in [6, 6.07) is 33.3. The Labute approximate surface area is 257 Å². The van der Waals surface area contributed by atoms with Gasteiger partial charge in [0, 0.05) is 24.0 Å². The van der Waals surface area contributed by atoms with Gasteiger partial charge in [-0.05, 0) is 59.5 Å². The molecule has 0 saturated carbocycles. The van der Waals surface area contributed by atoms with Gasteiger partial charge in [0.05, 0.1) is 30.2 Å². The highest BCUT2D eigenvalue weighted by molar-refractivity contribution is 7.92. The molecule has 0 fully saturated rings. The first-order valence-corrected chi connectivity index (χ1v) is 16.1. The van der Waals surface area contributed by atoms with Gasteiger partial charge < -0.3 is 25.0 Å². The molecule has 228 valence electrons. The molecular weight excluding hydrogens is 578 g/mol. The van der Waals surface area contributed by atoms with Crippen LogP contribution in [-0.2, 0) is 23.1 Å². The van der Waals surface area contributed by atoms with Gasteiger partial charge in [0.25, 0.3) is 0 Å². The third-order valence-electron chi connectivity index (χ3n) is 6.94. The van der Waals surface area contributed by atoms with Gasteiger partial charge in [-0.1, -0.05) is 66.7 Å². The van der Waals surface area contributed by atoms with Crippen molar-refractivity contribution in [2.24, 2.45) is 0 Å². The Morgan fingerprint density at radius 2 is 1.61 bits per heavy atom. The molecule has 5 aromatic rings. The van der Waals surface area contributed by atoms with Crippen LogP contribution >= 0.6 is 0 Å². The average molecular weight is 614 g/mol. The highest BCUT2D eigenvalue weighted by Crippen LogP contribution is 2.30. The number of hydrogen-bond donors (Lipinski definition) is 4. The highest BCUT2D eigenvalue weighted by Gasteiger charge is 2.17. The van der Waals surface area contributed by atoms with E-state index in [2.05, 4.69) is 15.0 Å². The van der Waals surface area contributed by atoms with Crippen LogP contribution in [0.1, 0.15) is 22.8 Å². The van der Waals surface area contributed by atoms with Gasteiger partial charge in [0.2, 0.25) is 15.9 Å². The number of benzene rings is 4. The van der Waals surface area contributed by atoms with Crippen molar-refractivity contribution in [3.63, 3.8) is 0 Å². The van der Waals surface area contributed by atoms with E-state index in [1.54, 1.807) is 18.2 Å². The number of aromatic nitrogens is 1. The summed E-state index contributed by atoms with van der Waals surface area (Å²) in [4.78, 5) is 4.54. The molecule has 1 heterocycles. The van der Waals surface area contributed by atoms with Crippen molar-refractivity contribution in [2.75, 3.05) is 24.1 Å². The Bertz CT molecular complexity index is 1780. The van der Waals surface area contributed by atoms with Crippen LogP contribution in [0.2, 0.25) is 0 Å². The molecule has 0 aliphatic heterocycles. The van der Waals surface area contributed by atoms with Crippen molar-refractivity contribution in [3.8, 4) is 17.4 Å². The SMILES string of the molecule is CS(=O)(=O)Nc1cc(C(O)CN[C@H](CO)Cc2ccc(Oc3ccc4ccccc4n3)cc2)ccc1OCc1ccccc1. The molecule has 0 spiro atoms. The predicted octanol–water partition coefficient (Wildman–Crippen LogP) is 5.20. The fraction of sp³-hybridized carbons (Fsp3) is 0.206. The average Bonchev–Trinajstić information content (AvgIpc) is 3.02. The van der Waals surface area contributed by atoms with Crippen molar-refractivity contribution in [1.82, 2.24) is 10.3 Å². The molecular formula is C34H35N3O6S. The van der Waals surface area contributed by atoms with Crippen LogP contribution in [0.15, 0.2) is 109 Å². The number of fused-ring (bicyclic) bond motifs is 1. The van der Waals surface area contributed by atoms with Crippen LogP contribution in [0.3, 0.4) is 0 Å². The first kappa shape index (κ1) is 31.0. The second-order valence-corrected chi connectivity index (χ2v) is 12.2. The quantitative estimate of drug-likeness (QED) is 0.134. The molecule has 0 aliphatic rings. The number of sulfonamides is 1. The van der Waals surface area contributed by atoms with E-state index in [-0.39, 0.29) is 31.5 Å². The predicted molar refractivity (Wildman–Crippen MR) is 171 cm³/mol. The summed E-state index contributed by atoms with van der Waals surface area (Å²) >= 11 is 0. The van der Waals surface area contributed by atoms with Crippen LogP contribution in [0, 0.1) is 0 Å². The topological polar surface area (TPSA) is 130 Å². The van der Waals surface area contributed by atoms with E-state index in [4.69, 9.17) is 9.47 Å². The van der Waals surface area contributed by atoms with E-state index in [0.717, 1.165) is 28.3 Å². The summed E-state index contributed by atoms with van der Waals surface area (Å²) in [5.74, 6) is 1.50. The maximum Gasteiger partial charge on any atom is 0.229 e. The molecule has 10 heteroatoms. The Morgan fingerprint density at radius 1 is 0.864 bits per heavy atom. The van der Waals surface area contributed by atoms with Gasteiger partial charge in [0.15, 0.2) is 0 Å². The Morgan fingerprint density at radius 3 is 2.36 bits per heavy atom. The summed E-state index contributed by atoms with van der Waals surface area (Å²) in [5, 5.41) is 25.2. The second-order valence-electron chi connectivity index (χ2n) is 10.5. The number of aliphatic hydroxyl groups is 2. The number of nitrogens with one attached hydrogen (secondary N) is 2. The van der Waals surface area contributed by atoms with Crippen LogP contribution in [0.4, 0.5) is 5.69 Å².